The van der Waals surface area contributed by atoms with Crippen LogP contribution < -0.4 is 21.7 Å². The first-order chi connectivity index (χ1) is 11.3. The van der Waals surface area contributed by atoms with Crippen LogP contribution in [0.25, 0.3) is 0 Å². The van der Waals surface area contributed by atoms with Gasteiger partial charge >= 0.3 is 0 Å². The molecule has 0 aliphatic rings. The molecule has 0 aromatic heterocycles. The largest absolute Gasteiger partial charge is 0.399 e. The van der Waals surface area contributed by atoms with E-state index in [1.807, 2.05) is 37.3 Å². The third-order valence-corrected chi connectivity index (χ3v) is 3.94. The summed E-state index contributed by atoms with van der Waals surface area (Å²) < 4.78 is 0. The molecule has 0 aliphatic heterocycles. The van der Waals surface area contributed by atoms with E-state index in [4.69, 9.17) is 11.5 Å². The second kappa shape index (κ2) is 7.42. The Labute approximate surface area is 142 Å². The molecule has 2 aromatic carbocycles. The molecule has 0 saturated carbocycles. The van der Waals surface area contributed by atoms with Gasteiger partial charge in [0.05, 0.1) is 17.4 Å². The highest BCUT2D eigenvalue weighted by molar-refractivity contribution is 5.71. The minimum absolute atomic E-state index is 0.0977. The van der Waals surface area contributed by atoms with Crippen molar-refractivity contribution < 1.29 is 10.2 Å². The number of hydrogen-bond acceptors (Lipinski definition) is 6. The number of para-hydroxylation sites is 2. The fourth-order valence-corrected chi connectivity index (χ4v) is 2.81. The van der Waals surface area contributed by atoms with Crippen molar-refractivity contribution in [3.05, 3.63) is 48.0 Å². The highest BCUT2D eigenvalue weighted by Crippen LogP contribution is 2.32. The summed E-state index contributed by atoms with van der Waals surface area (Å²) in [4.78, 5) is 1.53. The second-order valence-electron chi connectivity index (χ2n) is 5.94. The van der Waals surface area contributed by atoms with E-state index in [1.165, 1.54) is 4.90 Å². The molecule has 6 nitrogen and oxygen atoms in total. The van der Waals surface area contributed by atoms with Crippen LogP contribution in [0.2, 0.25) is 0 Å². The van der Waals surface area contributed by atoms with Crippen molar-refractivity contribution >= 4 is 22.7 Å². The first-order valence-electron chi connectivity index (χ1n) is 7.96. The van der Waals surface area contributed by atoms with E-state index >= 15 is 0 Å². The number of nitrogens with zero attached hydrogens (tertiary/aromatic N) is 1. The summed E-state index contributed by atoms with van der Waals surface area (Å²) in [6, 6.07) is 12.8. The van der Waals surface area contributed by atoms with Crippen molar-refractivity contribution in [3.63, 3.8) is 0 Å². The fourth-order valence-electron chi connectivity index (χ4n) is 2.81. The van der Waals surface area contributed by atoms with Gasteiger partial charge < -0.3 is 31.9 Å². The predicted octanol–water partition coefficient (Wildman–Crippen LogP) is 2.51. The molecular formula is C18H26N4O2. The molecule has 0 bridgehead atoms. The lowest BCUT2D eigenvalue weighted by Crippen LogP contribution is -2.40. The van der Waals surface area contributed by atoms with Crippen molar-refractivity contribution in [1.82, 2.24) is 0 Å². The van der Waals surface area contributed by atoms with Crippen molar-refractivity contribution in [3.8, 4) is 0 Å². The Morgan fingerprint density at radius 2 is 1.58 bits per heavy atom. The zero-order chi connectivity index (χ0) is 17.9. The molecule has 0 saturated heterocycles. The average molecular weight is 330 g/mol. The van der Waals surface area contributed by atoms with E-state index in [2.05, 4.69) is 5.32 Å². The smallest absolute Gasteiger partial charge is 0.126 e. The Kier molecular flexibility index (Phi) is 5.54. The normalized spacial score (nSPS) is 14.7. The van der Waals surface area contributed by atoms with Gasteiger partial charge in [0.25, 0.3) is 0 Å². The Morgan fingerprint density at radius 3 is 2.21 bits per heavy atom. The quantitative estimate of drug-likeness (QED) is 0.411. The summed E-state index contributed by atoms with van der Waals surface area (Å²) >= 11 is 0. The number of aliphatic hydroxyl groups excluding tert-OH is 2. The van der Waals surface area contributed by atoms with Crippen LogP contribution in [-0.4, -0.2) is 22.7 Å². The molecule has 24 heavy (non-hydrogen) atoms. The lowest BCUT2D eigenvalue weighted by atomic mass is 10.0. The topological polar surface area (TPSA) is 108 Å². The summed E-state index contributed by atoms with van der Waals surface area (Å²) in [6.07, 6.45) is -1.67. The van der Waals surface area contributed by atoms with Gasteiger partial charge in [-0.2, -0.15) is 0 Å². The highest BCUT2D eigenvalue weighted by Gasteiger charge is 2.21. The summed E-state index contributed by atoms with van der Waals surface area (Å²) in [6.45, 7) is 5.21. The van der Waals surface area contributed by atoms with Gasteiger partial charge in [0, 0.05) is 11.4 Å². The zero-order valence-electron chi connectivity index (χ0n) is 14.3. The summed E-state index contributed by atoms with van der Waals surface area (Å²) in [5.41, 5.74) is 15.6. The number of anilines is 4. The van der Waals surface area contributed by atoms with Crippen LogP contribution in [0.4, 0.5) is 22.7 Å². The molecule has 0 amide bonds. The van der Waals surface area contributed by atoms with E-state index in [1.54, 1.807) is 26.0 Å². The Morgan fingerprint density at radius 1 is 0.958 bits per heavy atom. The number of benzene rings is 2. The van der Waals surface area contributed by atoms with Gasteiger partial charge in [-0.15, -0.1) is 0 Å². The van der Waals surface area contributed by atoms with Crippen molar-refractivity contribution in [2.75, 3.05) is 21.7 Å². The number of nitrogens with two attached hydrogens (primary N) is 2. The molecule has 0 aliphatic carbocycles. The average Bonchev–Trinajstić information content (AvgIpc) is 2.50. The number of aliphatic hydroxyl groups is 2. The van der Waals surface area contributed by atoms with Gasteiger partial charge in [0.2, 0.25) is 0 Å². The number of nitrogens with one attached hydrogen (secondary N) is 1. The van der Waals surface area contributed by atoms with Gasteiger partial charge in [0.1, 0.15) is 12.5 Å². The van der Waals surface area contributed by atoms with E-state index in [9.17, 15) is 10.2 Å². The van der Waals surface area contributed by atoms with Crippen LogP contribution in [0.15, 0.2) is 42.5 Å². The van der Waals surface area contributed by atoms with Gasteiger partial charge in [-0.3, -0.25) is 0 Å². The molecule has 7 N–H and O–H groups in total. The summed E-state index contributed by atoms with van der Waals surface area (Å²) in [7, 11) is 0. The third kappa shape index (κ3) is 3.90. The van der Waals surface area contributed by atoms with Crippen LogP contribution >= 0.6 is 0 Å². The Bertz CT molecular complexity index is 680. The van der Waals surface area contributed by atoms with Crippen LogP contribution in [0.1, 0.15) is 32.4 Å². The maximum Gasteiger partial charge on any atom is 0.126 e. The molecule has 2 rings (SSSR count). The standard InChI is InChI=1S/C18H26N4O2/c1-11(15-10-14(19)8-9-16(15)20)21-17-6-4-5-7-18(17)22(12(2)23)13(3)24/h4-13,21,23-24H,19-20H2,1-3H3. The molecule has 130 valence electrons. The van der Waals surface area contributed by atoms with Crippen LogP contribution in [0.5, 0.6) is 0 Å². The Hall–Kier alpha value is -2.44. The lowest BCUT2D eigenvalue weighted by Gasteiger charge is -2.33. The van der Waals surface area contributed by atoms with Crippen LogP contribution in [0, 0.1) is 0 Å². The Balaban J connectivity index is 2.35. The number of hydrogen-bond donors (Lipinski definition) is 5. The van der Waals surface area contributed by atoms with Crippen LogP contribution in [-0.2, 0) is 0 Å². The van der Waals surface area contributed by atoms with Crippen molar-refractivity contribution in [1.29, 1.82) is 0 Å². The van der Waals surface area contributed by atoms with Gasteiger partial charge in [0.15, 0.2) is 0 Å². The minimum atomic E-state index is -0.833. The number of nitrogen functional groups attached to an aromatic ring is 2. The van der Waals surface area contributed by atoms with E-state index in [-0.39, 0.29) is 6.04 Å². The molecule has 0 radical (unpaired) electrons. The van der Waals surface area contributed by atoms with Gasteiger partial charge in [-0.1, -0.05) is 12.1 Å². The molecule has 6 heteroatoms. The molecule has 0 heterocycles. The molecule has 0 spiro atoms. The van der Waals surface area contributed by atoms with E-state index in [0.717, 1.165) is 11.3 Å². The second-order valence-corrected chi connectivity index (χ2v) is 5.94. The van der Waals surface area contributed by atoms with Gasteiger partial charge in [-0.25, -0.2) is 0 Å². The fraction of sp³-hybridized carbons (Fsp3) is 0.333. The monoisotopic (exact) mass is 330 g/mol. The van der Waals surface area contributed by atoms with Crippen molar-refractivity contribution in [2.45, 2.75) is 39.3 Å². The van der Waals surface area contributed by atoms with Crippen LogP contribution in [0.3, 0.4) is 0 Å². The predicted molar refractivity (Wildman–Crippen MR) is 99.6 cm³/mol. The van der Waals surface area contributed by atoms with E-state index < -0.39 is 12.5 Å². The minimum Gasteiger partial charge on any atom is -0.399 e. The van der Waals surface area contributed by atoms with E-state index in [0.29, 0.717) is 17.1 Å². The molecule has 3 atom stereocenters. The maximum absolute atomic E-state index is 9.99. The lowest BCUT2D eigenvalue weighted by molar-refractivity contribution is 0.105. The maximum atomic E-state index is 9.99. The molecule has 2 aromatic rings. The first-order valence-corrected chi connectivity index (χ1v) is 7.96. The highest BCUT2D eigenvalue weighted by atomic mass is 16.3. The SMILES string of the molecule is CC(Nc1ccccc1N(C(C)O)C(C)O)c1cc(N)ccc1N. The molecule has 3 unspecified atom stereocenters. The summed E-state index contributed by atoms with van der Waals surface area (Å²) in [5.74, 6) is 0. The number of rotatable bonds is 6. The van der Waals surface area contributed by atoms with Gasteiger partial charge in [-0.05, 0) is 56.7 Å². The molecule has 0 fully saturated rings. The van der Waals surface area contributed by atoms with Crippen molar-refractivity contribution in [2.24, 2.45) is 0 Å². The zero-order valence-corrected chi connectivity index (χ0v) is 14.3. The molecular weight excluding hydrogens is 304 g/mol. The summed E-state index contributed by atoms with van der Waals surface area (Å²) in [5, 5.41) is 23.4. The third-order valence-electron chi connectivity index (χ3n) is 3.94. The first kappa shape index (κ1) is 17.9.